The van der Waals surface area contributed by atoms with Crippen LogP contribution in [0, 0.1) is 18.5 Å². The number of para-hydroxylation sites is 2. The SMILES string of the molecule is [2H]c1c([2H])c2c(c([2H])c1-c1cc3c4c(c1)n(-c1[c-]c(Oc5[c-]c6c(cc5)c5ccccc5n6-c5cc(C(C)(C)C)ccn5)ccc1)[c-][n+]4-c1c(cccc1C(C)(C)C)-c1ccccc1-c1ccccc1-3)C(C([2H])([2H])[2H])(C([2H])([2H])[2H])C([2H])([2H])C([2H])([2H])C2(C([2H])([2H])[2H])C([2H])([2H])[2H].[Pt]. The van der Waals surface area contributed by atoms with Crippen LogP contribution in [0.3, 0.4) is 0 Å². The molecule has 0 radical (unpaired) electrons. The minimum absolute atomic E-state index is 0. The molecular formula is C70H62N4OPt-2. The summed E-state index contributed by atoms with van der Waals surface area (Å²) in [5, 5.41) is 1.88. The van der Waals surface area contributed by atoms with E-state index in [1.165, 1.54) is 6.07 Å². The van der Waals surface area contributed by atoms with E-state index in [-0.39, 0.29) is 43.3 Å². The summed E-state index contributed by atoms with van der Waals surface area (Å²) in [6.45, 7) is -4.29. The van der Waals surface area contributed by atoms with Crippen LogP contribution in [-0.2, 0) is 42.7 Å². The molecule has 1 aliphatic carbocycles. The van der Waals surface area contributed by atoms with Crippen molar-refractivity contribution in [2.75, 3.05) is 0 Å². The largest absolute Gasteiger partial charge is 0.510 e. The quantitative estimate of drug-likeness (QED) is 0.127. The Hall–Kier alpha value is -7.33. The van der Waals surface area contributed by atoms with E-state index in [0.29, 0.717) is 50.7 Å². The molecule has 1 aliphatic heterocycles. The molecule has 3 aromatic heterocycles. The maximum Gasteiger partial charge on any atom is 0.268 e. The van der Waals surface area contributed by atoms with Gasteiger partial charge in [-0.1, -0.05) is 184 Å². The number of pyridine rings is 1. The van der Waals surface area contributed by atoms with Crippen LogP contribution in [-0.4, -0.2) is 14.1 Å². The topological polar surface area (TPSA) is 35.9 Å². The number of aromatic nitrogens is 4. The van der Waals surface area contributed by atoms with Crippen LogP contribution in [0.2, 0.25) is 0 Å². The summed E-state index contributed by atoms with van der Waals surface area (Å²) < 4.78 is 188. The standard InChI is InChI=1S/C70H62N4O.Pt/c1-67(2,3)46-33-36-71-64(40-46)74-61-28-16-15-25-54(61)55-31-30-49(42-62(55)74)75-48-20-17-19-47(41-48)72-43-73-65-56(26-18-27-59(65)68(4,5)6)52-23-13-11-21-50(52)51-22-12-14-24-53(51)57-37-45(39-63(72)66(57)73)44-29-32-58-60(38-44)70(9,10)35-34-69(58,7)8;/h11-33,36-40H,34-35H2,1-10H3;/q-2;/i7D3,8D3,9D3,10D3,29D,32D,34D2,35D2,38D;. The van der Waals surface area contributed by atoms with Crippen LogP contribution < -0.4 is 9.30 Å². The monoisotopic (exact) mass is 1190 g/mol. The Morgan fingerprint density at radius 1 is 0.618 bits per heavy atom. The van der Waals surface area contributed by atoms with Crippen LogP contribution in [0.5, 0.6) is 11.5 Å². The molecule has 5 nitrogen and oxygen atoms in total. The summed E-state index contributed by atoms with van der Waals surface area (Å²) in [5.41, 5.74) is -3.94. The minimum atomic E-state index is -4.51. The molecule has 0 fully saturated rings. The van der Waals surface area contributed by atoms with Crippen LogP contribution in [0.15, 0.2) is 170 Å². The zero-order valence-electron chi connectivity index (χ0n) is 61.4. The zero-order valence-corrected chi connectivity index (χ0v) is 44.7. The van der Waals surface area contributed by atoms with E-state index in [4.69, 9.17) is 26.2 Å². The van der Waals surface area contributed by atoms with E-state index in [1.54, 1.807) is 35.0 Å². The molecular weight excluding hydrogens is 1110 g/mol. The van der Waals surface area contributed by atoms with E-state index in [0.717, 1.165) is 44.1 Å². The van der Waals surface area contributed by atoms with Crippen molar-refractivity contribution in [1.29, 1.82) is 0 Å². The average Bonchev–Trinajstić information content (AvgIpc) is 1.24. The van der Waals surface area contributed by atoms with Crippen molar-refractivity contribution < 1.29 is 56.4 Å². The molecule has 0 atom stereocenters. The van der Waals surface area contributed by atoms with Gasteiger partial charge in [0.05, 0.1) is 20.8 Å². The molecule has 11 aromatic rings. The van der Waals surface area contributed by atoms with Gasteiger partial charge in [0.15, 0.2) is 0 Å². The van der Waals surface area contributed by atoms with Crippen molar-refractivity contribution in [3.8, 4) is 73.2 Å². The van der Waals surface area contributed by atoms with Crippen LogP contribution in [0.1, 0.15) is 130 Å². The molecule has 6 heteroatoms. The van der Waals surface area contributed by atoms with Crippen LogP contribution >= 0.6 is 0 Å². The number of fused-ring (bicyclic) bond motifs is 11. The second kappa shape index (κ2) is 17.9. The van der Waals surface area contributed by atoms with Crippen molar-refractivity contribution >= 4 is 32.8 Å². The van der Waals surface area contributed by atoms with Crippen molar-refractivity contribution in [1.82, 2.24) is 14.1 Å². The maximum absolute atomic E-state index is 10.3. The molecule has 13 rings (SSSR count). The third-order valence-electron chi connectivity index (χ3n) is 14.4. The van der Waals surface area contributed by atoms with E-state index >= 15 is 0 Å². The molecule has 0 amide bonds. The number of hydrogen-bond donors (Lipinski definition) is 0. The molecule has 2 aliphatic rings. The second-order valence-corrected chi connectivity index (χ2v) is 21.5. The number of nitrogens with zero attached hydrogens (tertiary/aromatic N) is 4. The molecule has 380 valence electrons. The molecule has 8 aromatic carbocycles. The van der Waals surface area contributed by atoms with Gasteiger partial charge in [-0.25, -0.2) is 4.98 Å². The fraction of sp³-hybridized carbons (Fsp3) is 0.229. The molecule has 0 bridgehead atoms. The van der Waals surface area contributed by atoms with Crippen LogP contribution in [0.25, 0.3) is 94.5 Å². The van der Waals surface area contributed by atoms with Crippen LogP contribution in [0.4, 0.5) is 0 Å². The first kappa shape index (κ1) is 32.3. The van der Waals surface area contributed by atoms with Gasteiger partial charge in [0.25, 0.3) is 6.33 Å². The fourth-order valence-corrected chi connectivity index (χ4v) is 10.8. The maximum atomic E-state index is 10.3. The summed E-state index contributed by atoms with van der Waals surface area (Å²) in [6, 6.07) is 48.6. The van der Waals surface area contributed by atoms with Gasteiger partial charge in [-0.05, 0) is 137 Å². The first-order valence-corrected chi connectivity index (χ1v) is 24.9. The Morgan fingerprint density at radius 2 is 1.28 bits per heavy atom. The number of imidazole rings is 1. The number of hydrogen-bond acceptors (Lipinski definition) is 2. The molecule has 4 heterocycles. The van der Waals surface area contributed by atoms with Gasteiger partial charge in [0.1, 0.15) is 5.82 Å². The van der Waals surface area contributed by atoms with Crippen molar-refractivity contribution in [3.63, 3.8) is 0 Å². The predicted octanol–water partition coefficient (Wildman–Crippen LogP) is 17.5. The van der Waals surface area contributed by atoms with Gasteiger partial charge in [-0.2, -0.15) is 18.2 Å². The smallest absolute Gasteiger partial charge is 0.268 e. The molecule has 0 spiro atoms. The Bertz CT molecular complexity index is 4960. The first-order chi connectivity index (χ1) is 43.7. The summed E-state index contributed by atoms with van der Waals surface area (Å²) in [4.78, 5) is 4.83. The summed E-state index contributed by atoms with van der Waals surface area (Å²) in [5.74, 6) is 1.23. The zero-order chi connectivity index (χ0) is 68.0. The second-order valence-electron chi connectivity index (χ2n) is 21.5. The van der Waals surface area contributed by atoms with Gasteiger partial charge in [0.2, 0.25) is 0 Å². The van der Waals surface area contributed by atoms with Gasteiger partial charge in [0, 0.05) is 66.2 Å². The Kier molecular flexibility index (Phi) is 7.60. The Balaban J connectivity index is 0.00000864. The number of rotatable bonds is 5. The van der Waals surface area contributed by atoms with Gasteiger partial charge in [-0.15, -0.1) is 29.7 Å². The summed E-state index contributed by atoms with van der Waals surface area (Å²) in [7, 11) is 0. The van der Waals surface area contributed by atoms with E-state index in [2.05, 4.69) is 66.1 Å². The Labute approximate surface area is 488 Å². The summed E-state index contributed by atoms with van der Waals surface area (Å²) >= 11 is 0. The van der Waals surface area contributed by atoms with Crippen molar-refractivity contribution in [2.45, 2.75) is 103 Å². The van der Waals surface area contributed by atoms with E-state index in [9.17, 15) is 9.60 Å². The third-order valence-corrected chi connectivity index (χ3v) is 14.4. The molecule has 0 unspecified atom stereocenters. The third kappa shape index (κ3) is 8.08. The van der Waals surface area contributed by atoms with Gasteiger partial charge >= 0.3 is 0 Å². The van der Waals surface area contributed by atoms with Gasteiger partial charge in [-0.3, -0.25) is 4.57 Å². The first-order valence-electron chi connectivity index (χ1n) is 34.4. The van der Waals surface area contributed by atoms with Gasteiger partial charge < -0.3 is 13.9 Å². The molecule has 0 saturated heterocycles. The number of benzene rings is 8. The molecule has 76 heavy (non-hydrogen) atoms. The average molecular weight is 1190 g/mol. The minimum Gasteiger partial charge on any atom is -0.510 e. The fourth-order valence-electron chi connectivity index (χ4n) is 10.8. The molecule has 0 N–H and O–H groups in total. The molecule has 0 saturated carbocycles. The normalized spacial score (nSPS) is 20.1. The predicted molar refractivity (Wildman–Crippen MR) is 308 cm³/mol. The summed E-state index contributed by atoms with van der Waals surface area (Å²) in [6.07, 6.45) is -3.56. The van der Waals surface area contributed by atoms with Crippen molar-refractivity contribution in [2.24, 2.45) is 0 Å². The van der Waals surface area contributed by atoms with Crippen molar-refractivity contribution in [3.05, 3.63) is 211 Å². The Morgan fingerprint density at radius 3 is 2.00 bits per heavy atom. The number of ether oxygens (including phenoxy) is 1. The van der Waals surface area contributed by atoms with E-state index < -0.39 is 91.2 Å². The van der Waals surface area contributed by atoms with E-state index in [1.807, 2.05) is 118 Å².